The van der Waals surface area contributed by atoms with Crippen molar-refractivity contribution in [3.05, 3.63) is 33.8 Å². The Morgan fingerprint density at radius 1 is 1.39 bits per heavy atom. The number of thioether (sulfide) groups is 1. The van der Waals surface area contributed by atoms with E-state index in [1.807, 2.05) is 12.1 Å². The number of amidine groups is 1. The molecule has 0 saturated carbocycles. The summed E-state index contributed by atoms with van der Waals surface area (Å²) < 4.78 is 0. The van der Waals surface area contributed by atoms with E-state index in [1.165, 1.54) is 0 Å². The van der Waals surface area contributed by atoms with Gasteiger partial charge in [0, 0.05) is 27.9 Å². The summed E-state index contributed by atoms with van der Waals surface area (Å²) in [7, 11) is 0. The Hall–Kier alpha value is -0.380. The lowest BCUT2D eigenvalue weighted by atomic mass is 10.1. The van der Waals surface area contributed by atoms with Crippen LogP contribution in [0.4, 0.5) is 0 Å². The average molecular weight is 303 g/mol. The van der Waals surface area contributed by atoms with Crippen LogP contribution in [0.3, 0.4) is 0 Å². The largest absolute Gasteiger partial charge is 0.359 e. The van der Waals surface area contributed by atoms with E-state index in [2.05, 4.69) is 24.2 Å². The summed E-state index contributed by atoms with van der Waals surface area (Å²) in [6.45, 7) is 5.10. The second kappa shape index (κ2) is 5.72. The van der Waals surface area contributed by atoms with Crippen molar-refractivity contribution in [3.8, 4) is 0 Å². The lowest BCUT2D eigenvalue weighted by molar-refractivity contribution is 0.536. The molecule has 18 heavy (non-hydrogen) atoms. The van der Waals surface area contributed by atoms with E-state index < -0.39 is 0 Å². The summed E-state index contributed by atoms with van der Waals surface area (Å²) in [6, 6.07) is 5.60. The minimum absolute atomic E-state index is 0.154. The maximum absolute atomic E-state index is 6.12. The fourth-order valence-corrected chi connectivity index (χ4v) is 3.30. The van der Waals surface area contributed by atoms with Crippen LogP contribution in [-0.4, -0.2) is 23.0 Å². The molecule has 0 amide bonds. The van der Waals surface area contributed by atoms with Crippen LogP contribution in [0.5, 0.6) is 0 Å². The van der Waals surface area contributed by atoms with Crippen LogP contribution in [0.25, 0.3) is 0 Å². The Labute approximate surface area is 122 Å². The fourth-order valence-electron chi connectivity index (χ4n) is 1.70. The highest BCUT2D eigenvalue weighted by atomic mass is 35.5. The van der Waals surface area contributed by atoms with Gasteiger partial charge in [-0.3, -0.25) is 4.99 Å². The average Bonchev–Trinajstić information content (AvgIpc) is 2.61. The first-order valence-electron chi connectivity index (χ1n) is 5.86. The summed E-state index contributed by atoms with van der Waals surface area (Å²) >= 11 is 13.8. The highest BCUT2D eigenvalue weighted by Gasteiger charge is 2.26. The number of benzene rings is 1. The van der Waals surface area contributed by atoms with Crippen molar-refractivity contribution in [2.75, 3.05) is 12.3 Å². The number of rotatable bonds is 3. The van der Waals surface area contributed by atoms with Gasteiger partial charge in [-0.15, -0.1) is 0 Å². The Morgan fingerprint density at radius 2 is 2.17 bits per heavy atom. The molecule has 2 rings (SSSR count). The number of nitrogens with zero attached hydrogens (tertiary/aromatic N) is 1. The van der Waals surface area contributed by atoms with Crippen molar-refractivity contribution >= 4 is 40.1 Å². The molecule has 0 bridgehead atoms. The van der Waals surface area contributed by atoms with Crippen LogP contribution in [0.2, 0.25) is 10.0 Å². The van der Waals surface area contributed by atoms with Gasteiger partial charge in [0.15, 0.2) is 5.17 Å². The van der Waals surface area contributed by atoms with Gasteiger partial charge in [0.2, 0.25) is 0 Å². The molecule has 2 nitrogen and oxygen atoms in total. The first-order valence-corrected chi connectivity index (χ1v) is 7.60. The van der Waals surface area contributed by atoms with E-state index in [-0.39, 0.29) is 5.54 Å². The van der Waals surface area contributed by atoms with Crippen molar-refractivity contribution in [1.29, 1.82) is 0 Å². The highest BCUT2D eigenvalue weighted by molar-refractivity contribution is 8.14. The lowest BCUT2D eigenvalue weighted by Gasteiger charge is -2.15. The highest BCUT2D eigenvalue weighted by Crippen LogP contribution is 2.23. The molecule has 1 heterocycles. The van der Waals surface area contributed by atoms with Gasteiger partial charge < -0.3 is 5.32 Å². The Balaban J connectivity index is 1.91. The second-order valence-electron chi connectivity index (χ2n) is 4.97. The fraction of sp³-hybridized carbons (Fsp3) is 0.462. The van der Waals surface area contributed by atoms with Gasteiger partial charge >= 0.3 is 0 Å². The molecule has 1 aliphatic heterocycles. The Morgan fingerprint density at radius 3 is 2.78 bits per heavy atom. The molecular formula is C13H16Cl2N2S. The third kappa shape index (κ3) is 3.81. The quantitative estimate of drug-likeness (QED) is 0.912. The van der Waals surface area contributed by atoms with E-state index in [0.29, 0.717) is 5.02 Å². The minimum Gasteiger partial charge on any atom is -0.359 e. The molecule has 0 radical (unpaired) electrons. The molecule has 5 heteroatoms. The first kappa shape index (κ1) is 14.0. The van der Waals surface area contributed by atoms with Gasteiger partial charge in [-0.2, -0.15) is 0 Å². The monoisotopic (exact) mass is 302 g/mol. The van der Waals surface area contributed by atoms with Crippen molar-refractivity contribution in [2.45, 2.75) is 25.8 Å². The Bertz CT molecular complexity index is 472. The third-order valence-electron chi connectivity index (χ3n) is 2.67. The predicted molar refractivity (Wildman–Crippen MR) is 82.1 cm³/mol. The van der Waals surface area contributed by atoms with Gasteiger partial charge in [0.25, 0.3) is 0 Å². The smallest absolute Gasteiger partial charge is 0.157 e. The third-order valence-corrected chi connectivity index (χ3v) is 4.62. The van der Waals surface area contributed by atoms with E-state index in [1.54, 1.807) is 17.8 Å². The zero-order valence-electron chi connectivity index (χ0n) is 10.5. The number of nitrogens with one attached hydrogen (secondary N) is 1. The lowest BCUT2D eigenvalue weighted by Crippen LogP contribution is -2.36. The molecule has 1 saturated heterocycles. The molecule has 1 N–H and O–H groups in total. The van der Waals surface area contributed by atoms with Gasteiger partial charge in [0.1, 0.15) is 0 Å². The number of hydrogen-bond donors (Lipinski definition) is 1. The van der Waals surface area contributed by atoms with Crippen LogP contribution < -0.4 is 5.32 Å². The van der Waals surface area contributed by atoms with Gasteiger partial charge in [-0.25, -0.2) is 0 Å². The van der Waals surface area contributed by atoms with Crippen molar-refractivity contribution < 1.29 is 0 Å². The van der Waals surface area contributed by atoms with E-state index in [9.17, 15) is 0 Å². The molecule has 0 aromatic heterocycles. The normalized spacial score (nSPS) is 20.1. The number of halogens is 2. The van der Waals surface area contributed by atoms with E-state index >= 15 is 0 Å². The van der Waals surface area contributed by atoms with Gasteiger partial charge in [-0.05, 0) is 38.0 Å². The maximum Gasteiger partial charge on any atom is 0.157 e. The number of hydrogen-bond acceptors (Lipinski definition) is 2. The molecule has 98 valence electrons. The zero-order chi connectivity index (χ0) is 13.2. The zero-order valence-corrected chi connectivity index (χ0v) is 12.8. The molecule has 0 aliphatic carbocycles. The summed E-state index contributed by atoms with van der Waals surface area (Å²) in [5.41, 5.74) is 1.24. The predicted octanol–water partition coefficient (Wildman–Crippen LogP) is 4.01. The molecular weight excluding hydrogens is 287 g/mol. The molecule has 0 atom stereocenters. The van der Waals surface area contributed by atoms with Crippen LogP contribution in [0.15, 0.2) is 23.2 Å². The van der Waals surface area contributed by atoms with Gasteiger partial charge in [0.05, 0.1) is 0 Å². The molecule has 0 spiro atoms. The molecule has 1 aliphatic rings. The summed E-state index contributed by atoms with van der Waals surface area (Å²) in [5.74, 6) is 1.06. The standard InChI is InChI=1S/C13H16Cl2N2S/c1-13(2)8-18-12(17-13)16-6-5-9-3-4-10(14)7-11(9)15/h3-4,7H,5-6,8H2,1-2H3,(H,16,17). The van der Waals surface area contributed by atoms with Crippen LogP contribution in [0.1, 0.15) is 19.4 Å². The molecule has 0 unspecified atom stereocenters. The minimum atomic E-state index is 0.154. The van der Waals surface area contributed by atoms with Gasteiger partial charge in [-0.1, -0.05) is 41.0 Å². The molecule has 1 fully saturated rings. The first-order chi connectivity index (χ1) is 8.46. The number of aliphatic imine (C=N–C) groups is 1. The maximum atomic E-state index is 6.12. The van der Waals surface area contributed by atoms with E-state index in [4.69, 9.17) is 23.2 Å². The van der Waals surface area contributed by atoms with Crippen molar-refractivity contribution in [2.24, 2.45) is 4.99 Å². The molecule has 1 aromatic rings. The van der Waals surface area contributed by atoms with Crippen LogP contribution >= 0.6 is 35.0 Å². The SMILES string of the molecule is CC1(C)CSC(=NCCc2ccc(Cl)cc2Cl)N1. The summed E-state index contributed by atoms with van der Waals surface area (Å²) in [4.78, 5) is 4.55. The summed E-state index contributed by atoms with van der Waals surface area (Å²) in [5, 5.41) is 5.82. The van der Waals surface area contributed by atoms with E-state index in [0.717, 1.165) is 34.5 Å². The second-order valence-corrected chi connectivity index (χ2v) is 6.78. The summed E-state index contributed by atoms with van der Waals surface area (Å²) in [6.07, 6.45) is 0.835. The Kier molecular flexibility index (Phi) is 4.46. The van der Waals surface area contributed by atoms with Crippen molar-refractivity contribution in [3.63, 3.8) is 0 Å². The van der Waals surface area contributed by atoms with Crippen LogP contribution in [0, 0.1) is 0 Å². The molecule has 1 aromatic carbocycles. The van der Waals surface area contributed by atoms with Crippen LogP contribution in [-0.2, 0) is 6.42 Å². The van der Waals surface area contributed by atoms with Crippen molar-refractivity contribution in [1.82, 2.24) is 5.32 Å². The topological polar surface area (TPSA) is 24.4 Å².